The summed E-state index contributed by atoms with van der Waals surface area (Å²) in [5.41, 5.74) is 0. The molecule has 2 atom stereocenters. The summed E-state index contributed by atoms with van der Waals surface area (Å²) in [7, 11) is -7.84. The monoisotopic (exact) mass is 478 g/mol. The van der Waals surface area contributed by atoms with Gasteiger partial charge in [0.1, 0.15) is 13.2 Å². The second kappa shape index (κ2) is 11.4. The first-order chi connectivity index (χ1) is 15.4. The van der Waals surface area contributed by atoms with E-state index in [-0.39, 0.29) is 37.0 Å². The van der Waals surface area contributed by atoms with Crippen LogP contribution < -0.4 is 20.1 Å². The molecule has 0 amide bonds. The smallest absolute Gasteiger partial charge is 0.358 e. The van der Waals surface area contributed by atoms with Crippen molar-refractivity contribution < 1.29 is 37.4 Å². The molecule has 0 aliphatic heterocycles. The van der Waals surface area contributed by atoms with Gasteiger partial charge in [-0.2, -0.15) is 0 Å². The second-order valence-corrected chi connectivity index (χ2v) is 10.2. The molecule has 3 aromatic rings. The maximum Gasteiger partial charge on any atom is 0.358 e. The quantitative estimate of drug-likeness (QED) is 0.301. The van der Waals surface area contributed by atoms with E-state index in [0.29, 0.717) is 11.5 Å². The first-order valence-corrected chi connectivity index (χ1v) is 12.9. The van der Waals surface area contributed by atoms with Gasteiger partial charge >= 0.3 is 15.2 Å². The summed E-state index contributed by atoms with van der Waals surface area (Å²) in [6.45, 7) is -0.169. The second-order valence-electron chi connectivity index (χ2n) is 6.52. The van der Waals surface area contributed by atoms with Crippen LogP contribution in [0.5, 0.6) is 11.5 Å². The maximum atomic E-state index is 12.2. The molecule has 0 heterocycles. The average Bonchev–Trinajstić information content (AvgIpc) is 2.81. The summed E-state index contributed by atoms with van der Waals surface area (Å²) in [4.78, 5) is 20.0. The van der Waals surface area contributed by atoms with Crippen LogP contribution in [0.2, 0.25) is 0 Å². The largest absolute Gasteiger partial charge is 0.487 e. The van der Waals surface area contributed by atoms with Gasteiger partial charge in [0.05, 0.1) is 23.8 Å². The third kappa shape index (κ3) is 7.04. The number of hydrogen-bond acceptors (Lipinski definition) is 6. The summed E-state index contributed by atoms with van der Waals surface area (Å²) in [5, 5.41) is 0.417. The normalized spacial score (nSPS) is 14.8. The number of benzene rings is 3. The molecule has 0 aromatic heterocycles. The molecule has 3 aromatic carbocycles. The summed E-state index contributed by atoms with van der Waals surface area (Å²) < 4.78 is 46.0. The first-order valence-electron chi connectivity index (χ1n) is 9.79. The van der Waals surface area contributed by atoms with Gasteiger partial charge in [0, 0.05) is 0 Å². The van der Waals surface area contributed by atoms with Gasteiger partial charge in [-0.1, -0.05) is 48.5 Å². The Morgan fingerprint density at radius 2 is 0.875 bits per heavy atom. The Kier molecular flexibility index (Phi) is 8.65. The van der Waals surface area contributed by atoms with E-state index in [1.807, 2.05) is 0 Å². The first kappa shape index (κ1) is 24.2. The number of ether oxygens (including phenoxy) is 2. The molecule has 32 heavy (non-hydrogen) atoms. The minimum Gasteiger partial charge on any atom is -0.487 e. The lowest BCUT2D eigenvalue weighted by molar-refractivity contribution is 0.180. The molecule has 0 fully saturated rings. The van der Waals surface area contributed by atoms with Gasteiger partial charge in [-0.25, -0.2) is 0 Å². The lowest BCUT2D eigenvalue weighted by Crippen LogP contribution is -2.13. The highest BCUT2D eigenvalue weighted by atomic mass is 31.2. The molecule has 0 radical (unpaired) electrons. The Hall–Kier alpha value is -2.44. The zero-order valence-corrected chi connectivity index (χ0v) is 18.9. The van der Waals surface area contributed by atoms with Gasteiger partial charge in [-0.15, -0.1) is 0 Å². The molecule has 0 spiro atoms. The van der Waals surface area contributed by atoms with E-state index in [2.05, 4.69) is 0 Å². The predicted molar refractivity (Wildman–Crippen MR) is 121 cm³/mol. The molecule has 2 N–H and O–H groups in total. The predicted octanol–water partition coefficient (Wildman–Crippen LogP) is 3.50. The van der Waals surface area contributed by atoms with E-state index in [1.165, 1.54) is 24.3 Å². The number of rotatable bonds is 12. The third-order valence-corrected chi connectivity index (χ3v) is 7.20. The van der Waals surface area contributed by atoms with Crippen LogP contribution >= 0.6 is 15.2 Å². The van der Waals surface area contributed by atoms with E-state index < -0.39 is 15.2 Å². The van der Waals surface area contributed by atoms with Crippen molar-refractivity contribution >= 4 is 25.8 Å². The van der Waals surface area contributed by atoms with Crippen LogP contribution in [0.3, 0.4) is 0 Å². The Bertz CT molecular complexity index is 989. The van der Waals surface area contributed by atoms with Gasteiger partial charge in [0.15, 0.2) is 11.5 Å². The van der Waals surface area contributed by atoms with E-state index in [1.54, 1.807) is 60.7 Å². The molecule has 3 rings (SSSR count). The Morgan fingerprint density at radius 1 is 0.531 bits per heavy atom. The van der Waals surface area contributed by atoms with E-state index in [0.717, 1.165) is 0 Å². The average molecular weight is 478 g/mol. The van der Waals surface area contributed by atoms with Crippen LogP contribution in [0.1, 0.15) is 0 Å². The summed E-state index contributed by atoms with van der Waals surface area (Å²) in [6.07, 6.45) is 0. The molecular weight excluding hydrogens is 454 g/mol. The van der Waals surface area contributed by atoms with Crippen molar-refractivity contribution in [3.05, 3.63) is 84.9 Å². The SMILES string of the molecule is O=P(O)(OCCOc1ccccc1OCCOP(=O)(O)c1ccccc1)c1ccccc1. The fourth-order valence-corrected chi connectivity index (χ4v) is 4.74. The topological polar surface area (TPSA) is 112 Å². The highest BCUT2D eigenvalue weighted by Crippen LogP contribution is 2.41. The molecule has 2 unspecified atom stereocenters. The summed E-state index contributed by atoms with van der Waals surface area (Å²) in [6, 6.07) is 23.1. The Morgan fingerprint density at radius 3 is 1.25 bits per heavy atom. The highest BCUT2D eigenvalue weighted by Gasteiger charge is 2.23. The third-order valence-electron chi connectivity index (χ3n) is 4.23. The zero-order chi connectivity index (χ0) is 22.9. The van der Waals surface area contributed by atoms with E-state index >= 15 is 0 Å². The van der Waals surface area contributed by atoms with Gasteiger partial charge in [0.25, 0.3) is 0 Å². The van der Waals surface area contributed by atoms with Gasteiger partial charge in [0.2, 0.25) is 0 Å². The number of para-hydroxylation sites is 2. The summed E-state index contributed by atoms with van der Waals surface area (Å²) in [5.74, 6) is 0.803. The van der Waals surface area contributed by atoms with Crippen LogP contribution in [0.15, 0.2) is 84.9 Å². The molecule has 0 saturated carbocycles. The van der Waals surface area contributed by atoms with Crippen molar-refractivity contribution in [2.24, 2.45) is 0 Å². The van der Waals surface area contributed by atoms with Crippen molar-refractivity contribution in [1.29, 1.82) is 0 Å². The van der Waals surface area contributed by atoms with Crippen molar-refractivity contribution in [3.63, 3.8) is 0 Å². The lowest BCUT2D eigenvalue weighted by Gasteiger charge is -2.15. The zero-order valence-electron chi connectivity index (χ0n) is 17.1. The van der Waals surface area contributed by atoms with Gasteiger partial charge < -0.3 is 28.3 Å². The van der Waals surface area contributed by atoms with Crippen LogP contribution in [0.4, 0.5) is 0 Å². The van der Waals surface area contributed by atoms with Crippen molar-refractivity contribution in [2.75, 3.05) is 26.4 Å². The molecule has 170 valence electrons. The molecular formula is C22H24O8P2. The van der Waals surface area contributed by atoms with Crippen LogP contribution in [-0.2, 0) is 18.2 Å². The van der Waals surface area contributed by atoms with Crippen molar-refractivity contribution in [2.45, 2.75) is 0 Å². The van der Waals surface area contributed by atoms with Crippen LogP contribution in [0, 0.1) is 0 Å². The van der Waals surface area contributed by atoms with Crippen LogP contribution in [0.25, 0.3) is 0 Å². The molecule has 0 aliphatic carbocycles. The van der Waals surface area contributed by atoms with E-state index in [4.69, 9.17) is 18.5 Å². The van der Waals surface area contributed by atoms with Crippen molar-refractivity contribution in [3.8, 4) is 11.5 Å². The van der Waals surface area contributed by atoms with Gasteiger partial charge in [-0.05, 0) is 36.4 Å². The minimum atomic E-state index is -3.92. The fraction of sp³-hybridized carbons (Fsp3) is 0.182. The molecule has 0 saturated heterocycles. The highest BCUT2D eigenvalue weighted by molar-refractivity contribution is 7.61. The summed E-state index contributed by atoms with van der Waals surface area (Å²) >= 11 is 0. The minimum absolute atomic E-state index is 0.0219. The van der Waals surface area contributed by atoms with E-state index in [9.17, 15) is 18.9 Å². The van der Waals surface area contributed by atoms with Gasteiger partial charge in [-0.3, -0.25) is 9.13 Å². The molecule has 0 bridgehead atoms. The molecule has 8 nitrogen and oxygen atoms in total. The van der Waals surface area contributed by atoms with Crippen molar-refractivity contribution in [1.82, 2.24) is 0 Å². The van der Waals surface area contributed by atoms with Crippen LogP contribution in [-0.4, -0.2) is 36.2 Å². The standard InChI is InChI=1S/C22H24O8P2/c23-31(24,19-9-3-1-4-10-19)29-17-15-27-21-13-7-8-14-22(21)28-16-18-30-32(25,26)20-11-5-2-6-12-20/h1-14H,15-18H2,(H,23,24)(H,25,26). The maximum absolute atomic E-state index is 12.2. The molecule has 10 heteroatoms. The Balaban J connectivity index is 1.45. The number of hydrogen-bond donors (Lipinski definition) is 2. The molecule has 0 aliphatic rings. The Labute approximate surface area is 186 Å². The fourth-order valence-electron chi connectivity index (χ4n) is 2.70. The lowest BCUT2D eigenvalue weighted by atomic mass is 10.3.